The van der Waals surface area contributed by atoms with Gasteiger partial charge in [0.2, 0.25) is 0 Å². The van der Waals surface area contributed by atoms with Gasteiger partial charge in [-0.1, -0.05) is 30.3 Å². The number of hydrogen-bond acceptors (Lipinski definition) is 3. The van der Waals surface area contributed by atoms with Crippen molar-refractivity contribution in [3.8, 4) is 0 Å². The molecule has 1 heterocycles. The summed E-state index contributed by atoms with van der Waals surface area (Å²) in [4.78, 5) is 4.65. The lowest BCUT2D eigenvalue weighted by molar-refractivity contribution is -0.0749. The highest BCUT2D eigenvalue weighted by molar-refractivity contribution is 5.97. The molecular formula is C16H15NO2. The summed E-state index contributed by atoms with van der Waals surface area (Å²) in [6.45, 7) is 2.03. The number of methoxy groups -OCH3 is 1. The quantitative estimate of drug-likeness (QED) is 0.562. The van der Waals surface area contributed by atoms with E-state index in [0.29, 0.717) is 0 Å². The van der Waals surface area contributed by atoms with Gasteiger partial charge in [-0.25, -0.2) is 4.98 Å². The van der Waals surface area contributed by atoms with Gasteiger partial charge in [0.15, 0.2) is 6.29 Å². The lowest BCUT2D eigenvalue weighted by Crippen LogP contribution is -2.03. The second kappa shape index (κ2) is 4.61. The molecule has 3 rings (SSSR count). The number of hydrogen-bond donors (Lipinski definition) is 1. The van der Waals surface area contributed by atoms with Crippen molar-refractivity contribution in [3.05, 3.63) is 53.6 Å². The van der Waals surface area contributed by atoms with Crippen molar-refractivity contribution in [1.82, 2.24) is 4.98 Å². The molecule has 0 fully saturated rings. The largest absolute Gasteiger partial charge is 0.364 e. The standard InChI is InChI=1S/C16H15NO2/c1-10-7-8-12-14(9-10)17-13-6-4-3-5-11(13)15(12)16(18)19-2/h3-9,16,18H,1-2H3. The van der Waals surface area contributed by atoms with Crippen LogP contribution in [-0.4, -0.2) is 17.2 Å². The average Bonchev–Trinajstić information content (AvgIpc) is 2.43. The molecule has 1 N–H and O–H groups in total. The van der Waals surface area contributed by atoms with Crippen LogP contribution in [0.2, 0.25) is 0 Å². The number of aliphatic hydroxyl groups is 1. The number of aromatic nitrogens is 1. The number of rotatable bonds is 2. The van der Waals surface area contributed by atoms with Gasteiger partial charge in [0.1, 0.15) is 0 Å². The van der Waals surface area contributed by atoms with E-state index in [0.717, 1.165) is 32.9 Å². The summed E-state index contributed by atoms with van der Waals surface area (Å²) in [7, 11) is 1.50. The summed E-state index contributed by atoms with van der Waals surface area (Å²) in [5, 5.41) is 12.0. The highest BCUT2D eigenvalue weighted by Gasteiger charge is 2.15. The van der Waals surface area contributed by atoms with Gasteiger partial charge in [-0.2, -0.15) is 0 Å². The molecule has 3 aromatic rings. The first kappa shape index (κ1) is 12.1. The number of benzene rings is 2. The number of nitrogens with zero attached hydrogens (tertiary/aromatic N) is 1. The molecule has 2 aromatic carbocycles. The van der Waals surface area contributed by atoms with Crippen LogP contribution in [0, 0.1) is 6.92 Å². The van der Waals surface area contributed by atoms with Crippen LogP contribution < -0.4 is 0 Å². The topological polar surface area (TPSA) is 42.4 Å². The van der Waals surface area contributed by atoms with Crippen LogP contribution in [0.3, 0.4) is 0 Å². The molecular weight excluding hydrogens is 238 g/mol. The highest BCUT2D eigenvalue weighted by atomic mass is 16.6. The van der Waals surface area contributed by atoms with Gasteiger partial charge in [0.05, 0.1) is 11.0 Å². The molecule has 0 bridgehead atoms. The Morgan fingerprint density at radius 1 is 1.05 bits per heavy atom. The summed E-state index contributed by atoms with van der Waals surface area (Å²) in [6, 6.07) is 13.8. The predicted molar refractivity (Wildman–Crippen MR) is 76.0 cm³/mol. The summed E-state index contributed by atoms with van der Waals surface area (Å²) in [6.07, 6.45) is -0.946. The van der Waals surface area contributed by atoms with E-state index in [1.807, 2.05) is 49.4 Å². The number of pyridine rings is 1. The van der Waals surface area contributed by atoms with Crippen molar-refractivity contribution in [2.45, 2.75) is 13.2 Å². The molecule has 0 aliphatic carbocycles. The molecule has 0 aliphatic rings. The minimum atomic E-state index is -0.946. The zero-order chi connectivity index (χ0) is 13.4. The molecule has 1 aromatic heterocycles. The number of fused-ring (bicyclic) bond motifs is 2. The summed E-state index contributed by atoms with van der Waals surface area (Å²) < 4.78 is 5.11. The Morgan fingerprint density at radius 2 is 1.79 bits per heavy atom. The predicted octanol–water partition coefficient (Wildman–Crippen LogP) is 3.33. The van der Waals surface area contributed by atoms with Crippen LogP contribution in [0.5, 0.6) is 0 Å². The smallest absolute Gasteiger partial charge is 0.182 e. The first-order valence-electron chi connectivity index (χ1n) is 6.20. The number of para-hydroxylation sites is 1. The van der Waals surface area contributed by atoms with Crippen LogP contribution in [0.1, 0.15) is 17.4 Å². The van der Waals surface area contributed by atoms with Crippen molar-refractivity contribution >= 4 is 21.8 Å². The Hall–Kier alpha value is -1.97. The van der Waals surface area contributed by atoms with Crippen molar-refractivity contribution in [3.63, 3.8) is 0 Å². The van der Waals surface area contributed by atoms with Crippen molar-refractivity contribution in [1.29, 1.82) is 0 Å². The molecule has 3 heteroatoms. The maximum absolute atomic E-state index is 10.1. The molecule has 0 radical (unpaired) electrons. The molecule has 19 heavy (non-hydrogen) atoms. The van der Waals surface area contributed by atoms with E-state index < -0.39 is 6.29 Å². The van der Waals surface area contributed by atoms with Gasteiger partial charge in [-0.15, -0.1) is 0 Å². The minimum absolute atomic E-state index is 0.781. The average molecular weight is 253 g/mol. The Balaban J connectivity index is 2.48. The zero-order valence-corrected chi connectivity index (χ0v) is 10.9. The Bertz CT molecular complexity index is 752. The van der Waals surface area contributed by atoms with Crippen molar-refractivity contribution in [2.75, 3.05) is 7.11 Å². The van der Waals surface area contributed by atoms with E-state index in [1.165, 1.54) is 7.11 Å². The Kier molecular flexibility index (Phi) is 2.93. The third-order valence-electron chi connectivity index (χ3n) is 3.35. The van der Waals surface area contributed by atoms with Gasteiger partial charge >= 0.3 is 0 Å². The van der Waals surface area contributed by atoms with Crippen molar-refractivity contribution < 1.29 is 9.84 Å². The van der Waals surface area contributed by atoms with E-state index in [2.05, 4.69) is 4.98 Å². The normalized spacial score (nSPS) is 13.0. The number of aliphatic hydroxyl groups excluding tert-OH is 1. The number of aryl methyl sites for hydroxylation is 1. The summed E-state index contributed by atoms with van der Waals surface area (Å²) in [5.41, 5.74) is 3.67. The maximum atomic E-state index is 10.1. The van der Waals surface area contributed by atoms with E-state index in [-0.39, 0.29) is 0 Å². The third kappa shape index (κ3) is 1.97. The molecule has 3 nitrogen and oxygen atoms in total. The van der Waals surface area contributed by atoms with Crippen LogP contribution in [0.15, 0.2) is 42.5 Å². The molecule has 0 spiro atoms. The van der Waals surface area contributed by atoms with Gasteiger partial charge in [0.25, 0.3) is 0 Å². The third-order valence-corrected chi connectivity index (χ3v) is 3.35. The van der Waals surface area contributed by atoms with Crippen LogP contribution >= 0.6 is 0 Å². The summed E-state index contributed by atoms with van der Waals surface area (Å²) >= 11 is 0. The Morgan fingerprint density at radius 3 is 2.58 bits per heavy atom. The molecule has 1 atom stereocenters. The zero-order valence-electron chi connectivity index (χ0n) is 10.9. The van der Waals surface area contributed by atoms with E-state index >= 15 is 0 Å². The second-order valence-corrected chi connectivity index (χ2v) is 4.65. The maximum Gasteiger partial charge on any atom is 0.182 e. The first-order valence-corrected chi connectivity index (χ1v) is 6.20. The van der Waals surface area contributed by atoms with E-state index in [9.17, 15) is 5.11 Å². The van der Waals surface area contributed by atoms with E-state index in [1.54, 1.807) is 0 Å². The Labute approximate surface area is 111 Å². The van der Waals surface area contributed by atoms with Gasteiger partial charge in [-0.3, -0.25) is 0 Å². The molecule has 0 saturated carbocycles. The lowest BCUT2D eigenvalue weighted by Gasteiger charge is -2.15. The molecule has 0 amide bonds. The van der Waals surface area contributed by atoms with Gasteiger partial charge in [-0.05, 0) is 24.6 Å². The fourth-order valence-electron chi connectivity index (χ4n) is 2.42. The molecule has 0 saturated heterocycles. The fourth-order valence-corrected chi connectivity index (χ4v) is 2.42. The first-order chi connectivity index (χ1) is 9.20. The second-order valence-electron chi connectivity index (χ2n) is 4.65. The molecule has 96 valence electrons. The van der Waals surface area contributed by atoms with Gasteiger partial charge < -0.3 is 9.84 Å². The number of ether oxygens (including phenoxy) is 1. The molecule has 0 aliphatic heterocycles. The van der Waals surface area contributed by atoms with E-state index in [4.69, 9.17) is 4.74 Å². The highest BCUT2D eigenvalue weighted by Crippen LogP contribution is 2.31. The molecule has 1 unspecified atom stereocenters. The lowest BCUT2D eigenvalue weighted by atomic mass is 10.0. The summed E-state index contributed by atoms with van der Waals surface area (Å²) in [5.74, 6) is 0. The fraction of sp³-hybridized carbons (Fsp3) is 0.188. The van der Waals surface area contributed by atoms with Gasteiger partial charge in [0, 0.05) is 23.4 Å². The van der Waals surface area contributed by atoms with Crippen molar-refractivity contribution in [2.24, 2.45) is 0 Å². The monoisotopic (exact) mass is 253 g/mol. The minimum Gasteiger partial charge on any atom is -0.364 e. The SMILES string of the molecule is COC(O)c1c2ccccc2nc2cc(C)ccc12. The van der Waals surface area contributed by atoms with Crippen LogP contribution in [0.25, 0.3) is 21.8 Å². The van der Waals surface area contributed by atoms with Crippen LogP contribution in [0.4, 0.5) is 0 Å². The van der Waals surface area contributed by atoms with Crippen LogP contribution in [-0.2, 0) is 4.74 Å².